The summed E-state index contributed by atoms with van der Waals surface area (Å²) in [6.07, 6.45) is 9.80. The molecule has 0 saturated carbocycles. The molecule has 2 rings (SSSR count). The molecule has 0 heterocycles. The molecule has 2 nitrogen and oxygen atoms in total. The third kappa shape index (κ3) is 4.23. The monoisotopic (exact) mass is 248 g/mol. The minimum Gasteiger partial charge on any atom is -0.390 e. The first-order valence-electron chi connectivity index (χ1n) is 5.86. The first-order valence-corrected chi connectivity index (χ1v) is 6.24. The molecule has 0 amide bonds. The van der Waals surface area contributed by atoms with Gasteiger partial charge >= 0.3 is 0 Å². The van der Waals surface area contributed by atoms with E-state index in [-0.39, 0.29) is 0 Å². The number of nitrogens with zero attached hydrogens (tertiary/aromatic N) is 1. The van der Waals surface area contributed by atoms with Crippen LogP contribution in [0.15, 0.2) is 41.1 Å². The Morgan fingerprint density at radius 1 is 1.35 bits per heavy atom. The molecule has 0 bridgehead atoms. The molecule has 0 unspecified atom stereocenters. The Hall–Kier alpha value is -1.28. The van der Waals surface area contributed by atoms with E-state index < -0.39 is 0 Å². The quantitative estimate of drug-likeness (QED) is 0.578. The molecule has 0 saturated heterocycles. The molecule has 1 aliphatic carbocycles. The van der Waals surface area contributed by atoms with Gasteiger partial charge in [0.2, 0.25) is 0 Å². The lowest BCUT2D eigenvalue weighted by Gasteiger charge is -2.06. The van der Waals surface area contributed by atoms with Gasteiger partial charge in [0.15, 0.2) is 0 Å². The second kappa shape index (κ2) is 6.45. The highest BCUT2D eigenvalue weighted by Crippen LogP contribution is 2.15. The Bertz CT molecular complexity index is 426. The van der Waals surface area contributed by atoms with E-state index >= 15 is 0 Å². The maximum absolute atomic E-state index is 5.87. The highest BCUT2D eigenvalue weighted by molar-refractivity contribution is 6.30. The zero-order valence-corrected chi connectivity index (χ0v) is 10.4. The van der Waals surface area contributed by atoms with E-state index in [0.717, 1.165) is 24.0 Å². The third-order valence-corrected chi connectivity index (χ3v) is 2.90. The number of allylic oxidation sites excluding steroid dienone is 2. The van der Waals surface area contributed by atoms with Gasteiger partial charge in [-0.1, -0.05) is 35.0 Å². The Morgan fingerprint density at radius 3 is 3.06 bits per heavy atom. The van der Waals surface area contributed by atoms with Crippen LogP contribution in [0.5, 0.6) is 0 Å². The molecule has 89 valence electrons. The SMILES string of the molecule is Clc1cccc(CO/N=[C]\C2=CCCCC2)c1. The lowest BCUT2D eigenvalue weighted by atomic mass is 10.0. The average Bonchev–Trinajstić information content (AvgIpc) is 2.36. The minimum atomic E-state index is 0.431. The summed E-state index contributed by atoms with van der Waals surface area (Å²) in [7, 11) is 0. The van der Waals surface area contributed by atoms with Crippen LogP contribution in [0.25, 0.3) is 0 Å². The van der Waals surface area contributed by atoms with Gasteiger partial charge in [-0.3, -0.25) is 0 Å². The molecule has 1 aliphatic rings. The minimum absolute atomic E-state index is 0.431. The lowest BCUT2D eigenvalue weighted by Crippen LogP contribution is -1.94. The van der Waals surface area contributed by atoms with Crippen LogP contribution in [0.4, 0.5) is 0 Å². The van der Waals surface area contributed by atoms with Crippen LogP contribution >= 0.6 is 11.6 Å². The maximum Gasteiger partial charge on any atom is 0.142 e. The van der Waals surface area contributed by atoms with Crippen LogP contribution in [0, 0.1) is 0 Å². The van der Waals surface area contributed by atoms with Crippen molar-refractivity contribution in [3.05, 3.63) is 46.5 Å². The summed E-state index contributed by atoms with van der Waals surface area (Å²) in [5.74, 6) is 0. The summed E-state index contributed by atoms with van der Waals surface area (Å²) in [6.45, 7) is 0.431. The van der Waals surface area contributed by atoms with Crippen molar-refractivity contribution in [3.8, 4) is 0 Å². The second-order valence-electron chi connectivity index (χ2n) is 4.08. The lowest BCUT2D eigenvalue weighted by molar-refractivity contribution is 0.132. The van der Waals surface area contributed by atoms with Gasteiger partial charge in [0, 0.05) is 5.02 Å². The van der Waals surface area contributed by atoms with Gasteiger partial charge in [0.05, 0.1) is 0 Å². The van der Waals surface area contributed by atoms with E-state index in [1.54, 1.807) is 0 Å². The summed E-state index contributed by atoms with van der Waals surface area (Å²) in [5, 5.41) is 4.58. The van der Waals surface area contributed by atoms with Gasteiger partial charge in [-0.15, -0.1) is 0 Å². The maximum atomic E-state index is 5.87. The normalized spacial score (nSPS) is 15.9. The topological polar surface area (TPSA) is 21.6 Å². The third-order valence-electron chi connectivity index (χ3n) is 2.67. The number of halogens is 1. The van der Waals surface area contributed by atoms with Crippen LogP contribution in [0.2, 0.25) is 5.02 Å². The van der Waals surface area contributed by atoms with Gasteiger partial charge < -0.3 is 4.84 Å². The molecule has 1 radical (unpaired) electrons. The van der Waals surface area contributed by atoms with Crippen molar-refractivity contribution >= 4 is 17.8 Å². The van der Waals surface area contributed by atoms with Gasteiger partial charge in [0.25, 0.3) is 0 Å². The van der Waals surface area contributed by atoms with Crippen molar-refractivity contribution in [2.75, 3.05) is 0 Å². The van der Waals surface area contributed by atoms with E-state index in [0.29, 0.717) is 11.6 Å². The molecule has 1 aromatic carbocycles. The molecule has 0 spiro atoms. The first-order chi connectivity index (χ1) is 8.34. The number of hydrogen-bond acceptors (Lipinski definition) is 2. The summed E-state index contributed by atoms with van der Waals surface area (Å²) < 4.78 is 0. The van der Waals surface area contributed by atoms with E-state index in [2.05, 4.69) is 17.4 Å². The smallest absolute Gasteiger partial charge is 0.142 e. The van der Waals surface area contributed by atoms with Crippen molar-refractivity contribution < 1.29 is 4.84 Å². The molecule has 0 N–H and O–H groups in total. The Labute approximate surface area is 107 Å². The van der Waals surface area contributed by atoms with Gasteiger partial charge in [0.1, 0.15) is 12.8 Å². The van der Waals surface area contributed by atoms with E-state index in [1.165, 1.54) is 12.8 Å². The fourth-order valence-corrected chi connectivity index (χ4v) is 1.98. The van der Waals surface area contributed by atoms with E-state index in [4.69, 9.17) is 16.4 Å². The molecule has 17 heavy (non-hydrogen) atoms. The second-order valence-corrected chi connectivity index (χ2v) is 4.52. The van der Waals surface area contributed by atoms with Gasteiger partial charge in [-0.2, -0.15) is 0 Å². The van der Waals surface area contributed by atoms with Crippen LogP contribution < -0.4 is 0 Å². The predicted octanol–water partition coefficient (Wildman–Crippen LogP) is 4.22. The van der Waals surface area contributed by atoms with Crippen molar-refractivity contribution in [1.82, 2.24) is 0 Å². The predicted molar refractivity (Wildman–Crippen MR) is 70.2 cm³/mol. The van der Waals surface area contributed by atoms with Crippen molar-refractivity contribution in [3.63, 3.8) is 0 Å². The Morgan fingerprint density at radius 2 is 2.29 bits per heavy atom. The summed E-state index contributed by atoms with van der Waals surface area (Å²) in [5.41, 5.74) is 2.17. The van der Waals surface area contributed by atoms with E-state index in [1.807, 2.05) is 24.3 Å². The fourth-order valence-electron chi connectivity index (χ4n) is 1.76. The highest BCUT2D eigenvalue weighted by atomic mass is 35.5. The van der Waals surface area contributed by atoms with Gasteiger partial charge in [-0.25, -0.2) is 0 Å². The van der Waals surface area contributed by atoms with Crippen molar-refractivity contribution in [1.29, 1.82) is 0 Å². The Kier molecular flexibility index (Phi) is 4.63. The molecular formula is C14H15ClNO. The van der Waals surface area contributed by atoms with Crippen LogP contribution in [0.1, 0.15) is 31.2 Å². The standard InChI is InChI=1S/C14H15ClNO/c15-14-8-4-7-13(9-14)11-17-16-10-12-5-2-1-3-6-12/h4-5,7-9H,1-3,6,11H2. The van der Waals surface area contributed by atoms with Crippen LogP contribution in [-0.4, -0.2) is 6.21 Å². The molecule has 0 aromatic heterocycles. The molecular weight excluding hydrogens is 234 g/mol. The molecule has 0 fully saturated rings. The largest absolute Gasteiger partial charge is 0.390 e. The number of rotatable bonds is 4. The summed E-state index contributed by atoms with van der Waals surface area (Å²) >= 11 is 5.87. The van der Waals surface area contributed by atoms with Gasteiger partial charge in [-0.05, 0) is 49.0 Å². The van der Waals surface area contributed by atoms with Crippen LogP contribution in [0.3, 0.4) is 0 Å². The first kappa shape index (κ1) is 12.2. The summed E-state index contributed by atoms with van der Waals surface area (Å²) in [4.78, 5) is 5.19. The van der Waals surface area contributed by atoms with Crippen molar-refractivity contribution in [2.45, 2.75) is 32.3 Å². The highest BCUT2D eigenvalue weighted by Gasteiger charge is 2.01. The average molecular weight is 249 g/mol. The van der Waals surface area contributed by atoms with E-state index in [9.17, 15) is 0 Å². The molecule has 3 heteroatoms. The summed E-state index contributed by atoms with van der Waals surface area (Å²) in [6, 6.07) is 7.57. The van der Waals surface area contributed by atoms with Crippen LogP contribution in [-0.2, 0) is 11.4 Å². The zero-order chi connectivity index (χ0) is 11.9. The Balaban J connectivity index is 1.79. The molecule has 0 aliphatic heterocycles. The fraction of sp³-hybridized carbons (Fsp3) is 0.357. The molecule has 1 aromatic rings. The zero-order valence-electron chi connectivity index (χ0n) is 9.66. The van der Waals surface area contributed by atoms with Crippen molar-refractivity contribution in [2.24, 2.45) is 5.16 Å². The number of hydrogen-bond donors (Lipinski definition) is 0. The number of benzene rings is 1. The molecule has 0 atom stereocenters.